The van der Waals surface area contributed by atoms with Crippen LogP contribution >= 0.6 is 0 Å². The van der Waals surface area contributed by atoms with Gasteiger partial charge in [0.25, 0.3) is 5.69 Å². The number of carboxylic acid groups (broad SMARTS) is 1. The predicted molar refractivity (Wildman–Crippen MR) is 160 cm³/mol. The fourth-order valence-corrected chi connectivity index (χ4v) is 4.52. The number of carbonyl (C=O) groups excluding carboxylic acids is 2. The van der Waals surface area contributed by atoms with Gasteiger partial charge in [0.1, 0.15) is 12.2 Å². The molecule has 228 valence electrons. The van der Waals surface area contributed by atoms with E-state index in [1.54, 1.807) is 27.7 Å². The number of carbonyl (C=O) groups is 3. The number of carboxylic acids is 1. The molecule has 43 heavy (non-hydrogen) atoms. The molecule has 2 aromatic carbocycles. The Kier molecular flexibility index (Phi) is 10.2. The van der Waals surface area contributed by atoms with Crippen LogP contribution in [0.25, 0.3) is 11.1 Å². The summed E-state index contributed by atoms with van der Waals surface area (Å²) >= 11 is 0. The number of aromatic nitrogens is 1. The summed E-state index contributed by atoms with van der Waals surface area (Å²) in [5, 5.41) is 23.6. The van der Waals surface area contributed by atoms with E-state index >= 15 is 0 Å². The maximum Gasteiger partial charge on any atom is 0.407 e. The van der Waals surface area contributed by atoms with Crippen LogP contribution in [0.5, 0.6) is 0 Å². The van der Waals surface area contributed by atoms with Crippen molar-refractivity contribution in [3.63, 3.8) is 0 Å². The number of alkyl carbamates (subject to hydrolysis) is 1. The van der Waals surface area contributed by atoms with E-state index in [9.17, 15) is 29.6 Å². The van der Waals surface area contributed by atoms with Crippen molar-refractivity contribution >= 4 is 23.7 Å². The average Bonchev–Trinajstić information content (AvgIpc) is 2.89. The standard InChI is InChI=1S/C32H37N3O8/c1-18(2)14-25-24(16-33-31(39)43-32(5,6)7)28(21-10-8-19(3)9-11-21)27(20(4)34-25)30(38)42-17-23-13-12-22(29(36)37)15-26(23)35(40)41/h8-13,15,18H,14,16-17H2,1-7H3,(H,33,39)(H,36,37). The minimum absolute atomic E-state index is 0.0237. The molecule has 0 fully saturated rings. The zero-order valence-electron chi connectivity index (χ0n) is 25.4. The minimum Gasteiger partial charge on any atom is -0.478 e. The smallest absolute Gasteiger partial charge is 0.407 e. The SMILES string of the molecule is Cc1ccc(-c2c(CNC(=O)OC(C)(C)C)c(CC(C)C)nc(C)c2C(=O)OCc2ccc(C(=O)O)cc2[N+](=O)[O-])cc1. The molecule has 0 spiro atoms. The first-order valence-corrected chi connectivity index (χ1v) is 13.8. The zero-order chi connectivity index (χ0) is 32.1. The van der Waals surface area contributed by atoms with Crippen LogP contribution in [-0.4, -0.2) is 38.6 Å². The summed E-state index contributed by atoms with van der Waals surface area (Å²) in [5.74, 6) is -1.87. The van der Waals surface area contributed by atoms with E-state index in [1.807, 2.05) is 45.0 Å². The van der Waals surface area contributed by atoms with Crippen LogP contribution in [0.2, 0.25) is 0 Å². The average molecular weight is 592 g/mol. The van der Waals surface area contributed by atoms with Gasteiger partial charge in [-0.1, -0.05) is 43.7 Å². The number of esters is 1. The Balaban J connectivity index is 2.12. The van der Waals surface area contributed by atoms with E-state index in [-0.39, 0.29) is 29.2 Å². The van der Waals surface area contributed by atoms with Crippen molar-refractivity contribution in [2.75, 3.05) is 0 Å². The molecule has 3 rings (SSSR count). The van der Waals surface area contributed by atoms with Gasteiger partial charge in [-0.15, -0.1) is 0 Å². The fraction of sp³-hybridized carbons (Fsp3) is 0.375. The van der Waals surface area contributed by atoms with Crippen molar-refractivity contribution in [3.8, 4) is 11.1 Å². The number of nitro benzene ring substituents is 1. The molecule has 11 heteroatoms. The molecule has 0 aliphatic rings. The molecule has 0 saturated heterocycles. The molecule has 0 saturated carbocycles. The number of aromatic carboxylic acids is 1. The third-order valence-electron chi connectivity index (χ3n) is 6.41. The van der Waals surface area contributed by atoms with Gasteiger partial charge in [0.2, 0.25) is 0 Å². The molecule has 0 aliphatic heterocycles. The summed E-state index contributed by atoms with van der Waals surface area (Å²) in [6, 6.07) is 10.9. The molecule has 3 aromatic rings. The summed E-state index contributed by atoms with van der Waals surface area (Å²) < 4.78 is 11.0. The van der Waals surface area contributed by atoms with Gasteiger partial charge in [-0.25, -0.2) is 14.4 Å². The molecule has 1 aromatic heterocycles. The molecule has 0 atom stereocenters. The highest BCUT2D eigenvalue weighted by Gasteiger charge is 2.27. The molecule has 1 amide bonds. The largest absolute Gasteiger partial charge is 0.478 e. The Hall–Kier alpha value is -4.80. The van der Waals surface area contributed by atoms with Crippen molar-refractivity contribution in [1.29, 1.82) is 0 Å². The third kappa shape index (κ3) is 8.60. The Morgan fingerprint density at radius 3 is 2.28 bits per heavy atom. The minimum atomic E-state index is -1.31. The highest BCUT2D eigenvalue weighted by Crippen LogP contribution is 2.34. The molecule has 0 unspecified atom stereocenters. The number of nitro groups is 1. The van der Waals surface area contributed by atoms with Gasteiger partial charge in [0, 0.05) is 29.4 Å². The van der Waals surface area contributed by atoms with Crippen LogP contribution in [0.15, 0.2) is 42.5 Å². The topological polar surface area (TPSA) is 158 Å². The third-order valence-corrected chi connectivity index (χ3v) is 6.41. The number of rotatable bonds is 10. The Labute approximate surface area is 250 Å². The van der Waals surface area contributed by atoms with Crippen molar-refractivity contribution in [3.05, 3.63) is 91.8 Å². The van der Waals surface area contributed by atoms with Gasteiger partial charge in [-0.3, -0.25) is 15.1 Å². The number of ether oxygens (including phenoxy) is 2. The van der Waals surface area contributed by atoms with E-state index in [0.29, 0.717) is 34.5 Å². The highest BCUT2D eigenvalue weighted by molar-refractivity contribution is 5.99. The summed E-state index contributed by atoms with van der Waals surface area (Å²) in [6.45, 7) is 12.5. The van der Waals surface area contributed by atoms with E-state index in [1.165, 1.54) is 12.1 Å². The molecule has 11 nitrogen and oxygen atoms in total. The maximum atomic E-state index is 13.7. The number of aryl methyl sites for hydroxylation is 2. The first-order chi connectivity index (χ1) is 20.1. The van der Waals surface area contributed by atoms with Gasteiger partial charge in [0.15, 0.2) is 0 Å². The normalized spacial score (nSPS) is 11.3. The van der Waals surface area contributed by atoms with Crippen LogP contribution in [0.1, 0.15) is 83.4 Å². The van der Waals surface area contributed by atoms with Gasteiger partial charge in [-0.05, 0) is 64.7 Å². The lowest BCUT2D eigenvalue weighted by atomic mass is 9.89. The van der Waals surface area contributed by atoms with Gasteiger partial charge >= 0.3 is 18.0 Å². The quantitative estimate of drug-likeness (QED) is 0.151. The number of nitrogens with zero attached hydrogens (tertiary/aromatic N) is 2. The van der Waals surface area contributed by atoms with Crippen molar-refractivity contribution in [2.45, 2.75) is 73.6 Å². The van der Waals surface area contributed by atoms with Crippen molar-refractivity contribution in [1.82, 2.24) is 10.3 Å². The van der Waals surface area contributed by atoms with Gasteiger partial charge < -0.3 is 19.9 Å². The second-order valence-electron chi connectivity index (χ2n) is 11.7. The van der Waals surface area contributed by atoms with Crippen LogP contribution < -0.4 is 5.32 Å². The fourth-order valence-electron chi connectivity index (χ4n) is 4.52. The lowest BCUT2D eigenvalue weighted by molar-refractivity contribution is -0.385. The van der Waals surface area contributed by atoms with E-state index < -0.39 is 40.9 Å². The van der Waals surface area contributed by atoms with Crippen molar-refractivity contribution < 1.29 is 33.9 Å². The second kappa shape index (κ2) is 13.5. The number of benzene rings is 2. The van der Waals surface area contributed by atoms with Gasteiger partial charge in [0.05, 0.1) is 27.3 Å². The Morgan fingerprint density at radius 2 is 1.72 bits per heavy atom. The van der Waals surface area contributed by atoms with E-state index in [0.717, 1.165) is 11.6 Å². The van der Waals surface area contributed by atoms with Crippen LogP contribution in [-0.2, 0) is 29.0 Å². The number of nitrogens with one attached hydrogen (secondary N) is 1. The van der Waals surface area contributed by atoms with Crippen LogP contribution in [0.3, 0.4) is 0 Å². The molecular formula is C32H37N3O8. The van der Waals surface area contributed by atoms with E-state index in [4.69, 9.17) is 14.5 Å². The number of hydrogen-bond donors (Lipinski definition) is 2. The lowest BCUT2D eigenvalue weighted by Crippen LogP contribution is -2.32. The molecule has 0 radical (unpaired) electrons. The number of amides is 1. The number of pyridine rings is 1. The van der Waals surface area contributed by atoms with Crippen LogP contribution in [0.4, 0.5) is 10.5 Å². The summed E-state index contributed by atoms with van der Waals surface area (Å²) in [6.07, 6.45) is -0.0534. The lowest BCUT2D eigenvalue weighted by Gasteiger charge is -2.23. The Morgan fingerprint density at radius 1 is 1.07 bits per heavy atom. The summed E-state index contributed by atoms with van der Waals surface area (Å²) in [5.41, 5.74) is 2.70. The molecule has 0 bridgehead atoms. The molecule has 2 N–H and O–H groups in total. The zero-order valence-corrected chi connectivity index (χ0v) is 25.4. The number of hydrogen-bond acceptors (Lipinski definition) is 8. The maximum absolute atomic E-state index is 13.7. The summed E-state index contributed by atoms with van der Waals surface area (Å²) in [7, 11) is 0. The predicted octanol–water partition coefficient (Wildman–Crippen LogP) is 6.55. The molecule has 1 heterocycles. The van der Waals surface area contributed by atoms with Crippen molar-refractivity contribution in [2.24, 2.45) is 5.92 Å². The Bertz CT molecular complexity index is 1540. The first-order valence-electron chi connectivity index (χ1n) is 13.8. The highest BCUT2D eigenvalue weighted by atomic mass is 16.6. The monoisotopic (exact) mass is 591 g/mol. The van der Waals surface area contributed by atoms with Gasteiger partial charge in [-0.2, -0.15) is 0 Å². The summed E-state index contributed by atoms with van der Waals surface area (Å²) in [4.78, 5) is 53.3. The first kappa shape index (κ1) is 32.7. The molecular weight excluding hydrogens is 554 g/mol. The second-order valence-corrected chi connectivity index (χ2v) is 11.7. The van der Waals surface area contributed by atoms with Crippen LogP contribution in [0, 0.1) is 29.9 Å². The molecule has 0 aliphatic carbocycles. The van der Waals surface area contributed by atoms with E-state index in [2.05, 4.69) is 5.32 Å².